The minimum Gasteiger partial charge on any atom is -0.493 e. The predicted molar refractivity (Wildman–Crippen MR) is 118 cm³/mol. The molecule has 0 radical (unpaired) electrons. The van der Waals surface area contributed by atoms with E-state index >= 15 is 0 Å². The number of ether oxygens (including phenoxy) is 2. The van der Waals surface area contributed by atoms with Crippen molar-refractivity contribution in [2.75, 3.05) is 39.4 Å². The molecule has 0 aromatic heterocycles. The zero-order chi connectivity index (χ0) is 20.6. The van der Waals surface area contributed by atoms with E-state index < -0.39 is 0 Å². The van der Waals surface area contributed by atoms with Gasteiger partial charge < -0.3 is 14.4 Å². The summed E-state index contributed by atoms with van der Waals surface area (Å²) in [6, 6.07) is 18.7. The van der Waals surface area contributed by atoms with E-state index in [-0.39, 0.29) is 0 Å². The lowest BCUT2D eigenvalue weighted by Gasteiger charge is -2.36. The number of hydrogen-bond donors (Lipinski definition) is 0. The fourth-order valence-electron chi connectivity index (χ4n) is 4.37. The smallest absolute Gasteiger partial charge is 0.222 e. The maximum absolute atomic E-state index is 11.9. The zero-order valence-corrected chi connectivity index (χ0v) is 17.7. The molecule has 0 spiro atoms. The molecule has 2 saturated heterocycles. The van der Waals surface area contributed by atoms with Crippen molar-refractivity contribution in [1.29, 1.82) is 0 Å². The Labute approximate surface area is 179 Å². The molecule has 5 heteroatoms. The second-order valence-corrected chi connectivity index (χ2v) is 8.17. The molecule has 2 aromatic rings. The fourth-order valence-corrected chi connectivity index (χ4v) is 4.37. The highest BCUT2D eigenvalue weighted by Crippen LogP contribution is 2.22. The largest absolute Gasteiger partial charge is 0.493 e. The highest BCUT2D eigenvalue weighted by molar-refractivity contribution is 5.78. The quantitative estimate of drug-likeness (QED) is 0.633. The molecule has 0 bridgehead atoms. The van der Waals surface area contributed by atoms with Crippen LogP contribution in [0.4, 0.5) is 0 Å². The summed E-state index contributed by atoms with van der Waals surface area (Å²) in [6.45, 7) is 5.33. The molecule has 160 valence electrons. The van der Waals surface area contributed by atoms with Crippen molar-refractivity contribution in [3.8, 4) is 11.5 Å². The van der Waals surface area contributed by atoms with Gasteiger partial charge in [-0.25, -0.2) is 0 Å². The molecule has 2 fully saturated rings. The van der Waals surface area contributed by atoms with Gasteiger partial charge in [-0.1, -0.05) is 30.3 Å². The Balaban J connectivity index is 1.12. The fraction of sp³-hybridized carbons (Fsp3) is 0.480. The molecule has 2 aliphatic rings. The average molecular weight is 409 g/mol. The Morgan fingerprint density at radius 2 is 1.50 bits per heavy atom. The van der Waals surface area contributed by atoms with Crippen LogP contribution < -0.4 is 9.47 Å². The van der Waals surface area contributed by atoms with Crippen molar-refractivity contribution in [3.63, 3.8) is 0 Å². The molecule has 4 rings (SSSR count). The Kier molecular flexibility index (Phi) is 7.25. The number of amides is 1. The van der Waals surface area contributed by atoms with Crippen molar-refractivity contribution >= 4 is 5.91 Å². The van der Waals surface area contributed by atoms with Gasteiger partial charge >= 0.3 is 0 Å². The Hall–Kier alpha value is -2.53. The van der Waals surface area contributed by atoms with Gasteiger partial charge in [0.05, 0.1) is 6.61 Å². The van der Waals surface area contributed by atoms with Gasteiger partial charge in [-0.3, -0.25) is 9.69 Å². The number of benzene rings is 2. The van der Waals surface area contributed by atoms with E-state index in [1.807, 2.05) is 30.3 Å². The SMILES string of the molecule is O=C1CCCN1C1CCN(CCOc2ccc(OCCc3ccccc3)cc2)CC1. The first-order chi connectivity index (χ1) is 14.8. The van der Waals surface area contributed by atoms with E-state index in [0.29, 0.717) is 25.2 Å². The van der Waals surface area contributed by atoms with Crippen LogP contribution in [0.25, 0.3) is 0 Å². The summed E-state index contributed by atoms with van der Waals surface area (Å²) in [5.74, 6) is 2.10. The van der Waals surface area contributed by atoms with E-state index in [1.165, 1.54) is 5.56 Å². The normalized spacial score (nSPS) is 18.0. The molecule has 0 atom stereocenters. The summed E-state index contributed by atoms with van der Waals surface area (Å²) in [7, 11) is 0. The molecule has 0 aliphatic carbocycles. The van der Waals surface area contributed by atoms with Gasteiger partial charge in [-0.2, -0.15) is 0 Å². The lowest BCUT2D eigenvalue weighted by molar-refractivity contribution is -0.130. The zero-order valence-electron chi connectivity index (χ0n) is 17.7. The first-order valence-corrected chi connectivity index (χ1v) is 11.2. The number of rotatable bonds is 9. The monoisotopic (exact) mass is 408 g/mol. The van der Waals surface area contributed by atoms with E-state index in [4.69, 9.17) is 9.47 Å². The highest BCUT2D eigenvalue weighted by atomic mass is 16.5. The van der Waals surface area contributed by atoms with Gasteiger partial charge in [-0.05, 0) is 49.1 Å². The number of nitrogens with zero attached hydrogens (tertiary/aromatic N) is 2. The van der Waals surface area contributed by atoms with E-state index in [0.717, 1.165) is 69.8 Å². The summed E-state index contributed by atoms with van der Waals surface area (Å²) in [4.78, 5) is 16.5. The number of carbonyl (C=O) groups excluding carboxylic acids is 1. The third-order valence-electron chi connectivity index (χ3n) is 6.11. The average Bonchev–Trinajstić information content (AvgIpc) is 3.22. The van der Waals surface area contributed by atoms with Crippen LogP contribution in [0.2, 0.25) is 0 Å². The van der Waals surface area contributed by atoms with Crippen LogP contribution in [0.1, 0.15) is 31.2 Å². The Bertz CT molecular complexity index is 786. The van der Waals surface area contributed by atoms with Crippen LogP contribution in [0.5, 0.6) is 11.5 Å². The molecule has 2 aromatic carbocycles. The maximum Gasteiger partial charge on any atom is 0.222 e. The van der Waals surface area contributed by atoms with E-state index in [2.05, 4.69) is 34.1 Å². The minimum atomic E-state index is 0.351. The third kappa shape index (κ3) is 5.76. The minimum absolute atomic E-state index is 0.351. The molecule has 2 heterocycles. The highest BCUT2D eigenvalue weighted by Gasteiger charge is 2.30. The maximum atomic E-state index is 11.9. The lowest BCUT2D eigenvalue weighted by atomic mass is 10.0. The molecular weight excluding hydrogens is 376 g/mol. The van der Waals surface area contributed by atoms with Gasteiger partial charge in [0.15, 0.2) is 0 Å². The van der Waals surface area contributed by atoms with Crippen LogP contribution in [0, 0.1) is 0 Å². The second-order valence-electron chi connectivity index (χ2n) is 8.17. The standard InChI is InChI=1S/C25H32N2O3/c28-25-7-4-15-27(25)22-12-16-26(17-13-22)18-20-30-24-10-8-23(9-11-24)29-19-14-21-5-2-1-3-6-21/h1-3,5-6,8-11,22H,4,7,12-20H2. The number of likely N-dealkylation sites (tertiary alicyclic amines) is 2. The first kappa shape index (κ1) is 20.7. The van der Waals surface area contributed by atoms with Crippen LogP contribution in [-0.4, -0.2) is 61.1 Å². The molecule has 0 saturated carbocycles. The lowest BCUT2D eigenvalue weighted by Crippen LogP contribution is -2.46. The summed E-state index contributed by atoms with van der Waals surface area (Å²) in [5.41, 5.74) is 1.29. The van der Waals surface area contributed by atoms with E-state index in [9.17, 15) is 4.79 Å². The van der Waals surface area contributed by atoms with Crippen molar-refractivity contribution in [1.82, 2.24) is 9.80 Å². The molecule has 5 nitrogen and oxygen atoms in total. The summed E-state index contributed by atoms with van der Waals surface area (Å²) in [5, 5.41) is 0. The Morgan fingerprint density at radius 1 is 0.833 bits per heavy atom. The van der Waals surface area contributed by atoms with Gasteiger partial charge in [0.2, 0.25) is 5.91 Å². The molecule has 2 aliphatic heterocycles. The van der Waals surface area contributed by atoms with Gasteiger partial charge in [0.25, 0.3) is 0 Å². The van der Waals surface area contributed by atoms with Crippen molar-refractivity contribution in [2.24, 2.45) is 0 Å². The van der Waals surface area contributed by atoms with Crippen LogP contribution >= 0.6 is 0 Å². The summed E-state index contributed by atoms with van der Waals surface area (Å²) >= 11 is 0. The molecule has 0 unspecified atom stereocenters. The van der Waals surface area contributed by atoms with E-state index in [1.54, 1.807) is 0 Å². The number of piperidine rings is 1. The molecule has 1 amide bonds. The predicted octanol–water partition coefficient (Wildman–Crippen LogP) is 3.77. The Morgan fingerprint density at radius 3 is 2.13 bits per heavy atom. The topological polar surface area (TPSA) is 42.0 Å². The van der Waals surface area contributed by atoms with Gasteiger partial charge in [0, 0.05) is 45.1 Å². The molecular formula is C25H32N2O3. The summed E-state index contributed by atoms with van der Waals surface area (Å²) < 4.78 is 11.8. The van der Waals surface area contributed by atoms with Crippen molar-refractivity contribution in [2.45, 2.75) is 38.1 Å². The van der Waals surface area contributed by atoms with Crippen LogP contribution in [0.3, 0.4) is 0 Å². The van der Waals surface area contributed by atoms with Crippen LogP contribution in [-0.2, 0) is 11.2 Å². The second kappa shape index (κ2) is 10.5. The summed E-state index contributed by atoms with van der Waals surface area (Å²) in [6.07, 6.45) is 4.85. The van der Waals surface area contributed by atoms with Gasteiger partial charge in [-0.15, -0.1) is 0 Å². The number of carbonyl (C=O) groups is 1. The molecule has 0 N–H and O–H groups in total. The van der Waals surface area contributed by atoms with Crippen molar-refractivity contribution < 1.29 is 14.3 Å². The number of hydrogen-bond acceptors (Lipinski definition) is 4. The van der Waals surface area contributed by atoms with Gasteiger partial charge in [0.1, 0.15) is 18.1 Å². The van der Waals surface area contributed by atoms with Crippen LogP contribution in [0.15, 0.2) is 54.6 Å². The molecule has 30 heavy (non-hydrogen) atoms. The third-order valence-corrected chi connectivity index (χ3v) is 6.11. The van der Waals surface area contributed by atoms with Crippen molar-refractivity contribution in [3.05, 3.63) is 60.2 Å². The first-order valence-electron chi connectivity index (χ1n) is 11.2.